The molecule has 5 nitrogen and oxygen atoms in total. The molecule has 0 spiro atoms. The van der Waals surface area contributed by atoms with Gasteiger partial charge in [-0.25, -0.2) is 4.98 Å². The van der Waals surface area contributed by atoms with Crippen molar-refractivity contribution in [3.05, 3.63) is 65.0 Å². The van der Waals surface area contributed by atoms with Crippen LogP contribution in [0.3, 0.4) is 0 Å². The van der Waals surface area contributed by atoms with E-state index in [0.717, 1.165) is 27.6 Å². The molecule has 144 valence electrons. The Hall–Kier alpha value is -2.99. The number of thiazole rings is 1. The quantitative estimate of drug-likeness (QED) is 0.444. The number of hydrazone groups is 1. The summed E-state index contributed by atoms with van der Waals surface area (Å²) in [6, 6.07) is 16.0. The zero-order chi connectivity index (χ0) is 20.1. The Bertz CT molecular complexity index is 967. The molecular weight excluding hydrogens is 368 g/mol. The molecule has 1 aromatic heterocycles. The summed E-state index contributed by atoms with van der Waals surface area (Å²) in [7, 11) is 0. The molecule has 6 heteroatoms. The fourth-order valence-corrected chi connectivity index (χ4v) is 3.28. The van der Waals surface area contributed by atoms with E-state index in [-0.39, 0.29) is 11.3 Å². The van der Waals surface area contributed by atoms with Crippen LogP contribution >= 0.6 is 11.3 Å². The van der Waals surface area contributed by atoms with Gasteiger partial charge >= 0.3 is 0 Å². The summed E-state index contributed by atoms with van der Waals surface area (Å²) in [6.07, 6.45) is 1.79. The third-order valence-electron chi connectivity index (χ3n) is 4.16. The lowest BCUT2D eigenvalue weighted by Crippen LogP contribution is -2.10. The van der Waals surface area contributed by atoms with Gasteiger partial charge in [0, 0.05) is 23.6 Å². The summed E-state index contributed by atoms with van der Waals surface area (Å²) in [4.78, 5) is 15.6. The van der Waals surface area contributed by atoms with Gasteiger partial charge in [0.1, 0.15) is 0 Å². The first kappa shape index (κ1) is 19.8. The summed E-state index contributed by atoms with van der Waals surface area (Å²) in [6.45, 7) is 8.09. The molecule has 0 bridgehead atoms. The van der Waals surface area contributed by atoms with Gasteiger partial charge < -0.3 is 5.32 Å². The van der Waals surface area contributed by atoms with Crippen molar-refractivity contribution < 1.29 is 4.79 Å². The van der Waals surface area contributed by atoms with Gasteiger partial charge in [0.05, 0.1) is 11.9 Å². The minimum atomic E-state index is -0.0844. The lowest BCUT2D eigenvalue weighted by molar-refractivity contribution is -0.114. The predicted molar refractivity (Wildman–Crippen MR) is 118 cm³/mol. The summed E-state index contributed by atoms with van der Waals surface area (Å²) in [5.74, 6) is -0.0844. The van der Waals surface area contributed by atoms with E-state index in [1.165, 1.54) is 23.8 Å². The molecule has 0 aliphatic carbocycles. The number of nitrogens with one attached hydrogen (secondary N) is 2. The highest BCUT2D eigenvalue weighted by Crippen LogP contribution is 2.26. The van der Waals surface area contributed by atoms with E-state index in [2.05, 4.69) is 65.9 Å². The van der Waals surface area contributed by atoms with Crippen molar-refractivity contribution in [2.24, 2.45) is 5.10 Å². The van der Waals surface area contributed by atoms with Crippen LogP contribution in [0.1, 0.15) is 38.8 Å². The number of anilines is 2. The molecule has 0 saturated heterocycles. The number of hydrogen-bond acceptors (Lipinski definition) is 5. The Balaban J connectivity index is 1.61. The topological polar surface area (TPSA) is 66.4 Å². The Kier molecular flexibility index (Phi) is 5.90. The molecule has 0 atom stereocenters. The van der Waals surface area contributed by atoms with Gasteiger partial charge in [0.15, 0.2) is 0 Å². The lowest BCUT2D eigenvalue weighted by Gasteiger charge is -2.18. The van der Waals surface area contributed by atoms with Crippen LogP contribution in [0.25, 0.3) is 11.3 Å². The fraction of sp³-hybridized carbons (Fsp3) is 0.227. The minimum absolute atomic E-state index is 0.0844. The highest BCUT2D eigenvalue weighted by atomic mass is 32.1. The second kappa shape index (κ2) is 8.35. The normalized spacial score (nSPS) is 11.6. The molecule has 2 aromatic carbocycles. The summed E-state index contributed by atoms with van der Waals surface area (Å²) in [5, 5.41) is 9.74. The molecule has 3 rings (SSSR count). The number of aromatic nitrogens is 1. The Morgan fingerprint density at radius 2 is 1.75 bits per heavy atom. The Labute approximate surface area is 169 Å². The van der Waals surface area contributed by atoms with E-state index in [4.69, 9.17) is 0 Å². The summed E-state index contributed by atoms with van der Waals surface area (Å²) in [5.41, 5.74) is 8.08. The van der Waals surface area contributed by atoms with Gasteiger partial charge in [-0.05, 0) is 28.7 Å². The van der Waals surface area contributed by atoms with E-state index in [1.54, 1.807) is 6.21 Å². The summed E-state index contributed by atoms with van der Waals surface area (Å²) < 4.78 is 0. The van der Waals surface area contributed by atoms with Crippen LogP contribution < -0.4 is 10.7 Å². The third-order valence-corrected chi connectivity index (χ3v) is 4.90. The third kappa shape index (κ3) is 5.27. The standard InChI is InChI=1S/C22H24N4OS/c1-15(27)24-19-11-7-17(8-12-19)20-14-28-21(25-20)26-23-13-16-5-9-18(10-6-16)22(2,3)4/h5-14H,1-4H3,(H,24,27)(H,25,26)/b23-13-. The van der Waals surface area contributed by atoms with Crippen LogP contribution in [-0.2, 0) is 10.2 Å². The average Bonchev–Trinajstić information content (AvgIpc) is 3.10. The lowest BCUT2D eigenvalue weighted by atomic mass is 9.87. The van der Waals surface area contributed by atoms with Gasteiger partial charge in [-0.1, -0.05) is 57.2 Å². The number of hydrogen-bond donors (Lipinski definition) is 2. The van der Waals surface area contributed by atoms with E-state index < -0.39 is 0 Å². The molecule has 28 heavy (non-hydrogen) atoms. The number of nitrogens with zero attached hydrogens (tertiary/aromatic N) is 2. The van der Waals surface area contributed by atoms with Crippen molar-refractivity contribution >= 4 is 34.3 Å². The zero-order valence-corrected chi connectivity index (χ0v) is 17.3. The van der Waals surface area contributed by atoms with E-state index >= 15 is 0 Å². The highest BCUT2D eigenvalue weighted by molar-refractivity contribution is 7.14. The SMILES string of the molecule is CC(=O)Nc1ccc(-c2csc(N/N=C\c3ccc(C(C)(C)C)cc3)n2)cc1. The van der Waals surface area contributed by atoms with Crippen molar-refractivity contribution in [2.75, 3.05) is 10.7 Å². The van der Waals surface area contributed by atoms with Gasteiger partial charge in [0.2, 0.25) is 11.0 Å². The maximum absolute atomic E-state index is 11.1. The average molecular weight is 393 g/mol. The molecule has 0 aliphatic heterocycles. The molecule has 0 radical (unpaired) electrons. The molecule has 0 aliphatic rings. The van der Waals surface area contributed by atoms with Crippen LogP contribution in [0, 0.1) is 0 Å². The number of rotatable bonds is 5. The molecular formula is C22H24N4OS. The minimum Gasteiger partial charge on any atom is -0.326 e. The van der Waals surface area contributed by atoms with Gasteiger partial charge in [-0.15, -0.1) is 11.3 Å². The van der Waals surface area contributed by atoms with Gasteiger partial charge in [0.25, 0.3) is 0 Å². The van der Waals surface area contributed by atoms with Crippen LogP contribution in [0.15, 0.2) is 59.0 Å². The molecule has 3 aromatic rings. The van der Waals surface area contributed by atoms with Crippen LogP contribution in [0.2, 0.25) is 0 Å². The van der Waals surface area contributed by atoms with Gasteiger partial charge in [-0.3, -0.25) is 10.2 Å². The van der Waals surface area contributed by atoms with Crippen molar-refractivity contribution in [3.63, 3.8) is 0 Å². The van der Waals surface area contributed by atoms with Crippen molar-refractivity contribution in [2.45, 2.75) is 33.1 Å². The van der Waals surface area contributed by atoms with Crippen molar-refractivity contribution in [3.8, 4) is 11.3 Å². The maximum Gasteiger partial charge on any atom is 0.221 e. The maximum atomic E-state index is 11.1. The number of carbonyl (C=O) groups excluding carboxylic acids is 1. The first-order valence-electron chi connectivity index (χ1n) is 9.04. The second-order valence-electron chi connectivity index (χ2n) is 7.54. The number of amides is 1. The molecule has 2 N–H and O–H groups in total. The van der Waals surface area contributed by atoms with Crippen LogP contribution in [-0.4, -0.2) is 17.1 Å². The zero-order valence-electron chi connectivity index (χ0n) is 16.5. The monoisotopic (exact) mass is 392 g/mol. The summed E-state index contributed by atoms with van der Waals surface area (Å²) >= 11 is 1.49. The van der Waals surface area contributed by atoms with E-state index in [0.29, 0.717) is 0 Å². The molecule has 0 saturated carbocycles. The smallest absolute Gasteiger partial charge is 0.221 e. The van der Waals surface area contributed by atoms with E-state index in [1.807, 2.05) is 29.6 Å². The Morgan fingerprint density at radius 1 is 1.07 bits per heavy atom. The van der Waals surface area contributed by atoms with Crippen molar-refractivity contribution in [1.82, 2.24) is 4.98 Å². The molecule has 1 heterocycles. The molecule has 0 fully saturated rings. The fourth-order valence-electron chi connectivity index (χ4n) is 2.62. The van der Waals surface area contributed by atoms with Crippen molar-refractivity contribution in [1.29, 1.82) is 0 Å². The molecule has 0 unspecified atom stereocenters. The second-order valence-corrected chi connectivity index (χ2v) is 8.40. The number of benzene rings is 2. The largest absolute Gasteiger partial charge is 0.326 e. The number of carbonyl (C=O) groups is 1. The highest BCUT2D eigenvalue weighted by Gasteiger charge is 2.12. The molecule has 1 amide bonds. The first-order valence-corrected chi connectivity index (χ1v) is 9.92. The Morgan fingerprint density at radius 3 is 2.36 bits per heavy atom. The van der Waals surface area contributed by atoms with Gasteiger partial charge in [-0.2, -0.15) is 5.10 Å². The first-order chi connectivity index (χ1) is 13.3. The van der Waals surface area contributed by atoms with Crippen LogP contribution in [0.4, 0.5) is 10.8 Å². The predicted octanol–water partition coefficient (Wildman–Crippen LogP) is 5.51. The van der Waals surface area contributed by atoms with Crippen LogP contribution in [0.5, 0.6) is 0 Å². The van der Waals surface area contributed by atoms with E-state index in [9.17, 15) is 4.79 Å².